The second kappa shape index (κ2) is 46.8. The minimum Gasteiger partial charge on any atom is -0.387 e. The molecule has 0 radical (unpaired) electrons. The number of carbonyl (C=O) groups excluding carboxylic acids is 1. The number of hydrogen-bond donors (Lipinski definition) is 3. The maximum Gasteiger partial charge on any atom is 0.472 e. The van der Waals surface area contributed by atoms with Crippen LogP contribution in [0.5, 0.6) is 0 Å². The number of hydrogen-bond acceptors (Lipinski definition) is 5. The van der Waals surface area contributed by atoms with E-state index in [1.54, 1.807) is 6.08 Å². The van der Waals surface area contributed by atoms with Gasteiger partial charge in [0.25, 0.3) is 0 Å². The van der Waals surface area contributed by atoms with Gasteiger partial charge in [-0.2, -0.15) is 0 Å². The second-order valence-electron chi connectivity index (χ2n) is 19.9. The molecule has 0 spiro atoms. The Hall–Kier alpha value is -1.28. The number of aliphatic hydroxyl groups excluding tert-OH is 1. The van der Waals surface area contributed by atoms with E-state index < -0.39 is 20.0 Å². The highest BCUT2D eigenvalue weighted by atomic mass is 31.2. The molecular formula is C55H108N2O6P+. The summed E-state index contributed by atoms with van der Waals surface area (Å²) in [4.78, 5) is 23.1. The van der Waals surface area contributed by atoms with Crippen LogP contribution in [0.1, 0.15) is 258 Å². The monoisotopic (exact) mass is 924 g/mol. The predicted molar refractivity (Wildman–Crippen MR) is 277 cm³/mol. The molecule has 0 aromatic rings. The van der Waals surface area contributed by atoms with Crippen LogP contribution in [0.3, 0.4) is 0 Å². The van der Waals surface area contributed by atoms with Crippen LogP contribution in [-0.2, 0) is 18.4 Å². The van der Waals surface area contributed by atoms with E-state index >= 15 is 0 Å². The van der Waals surface area contributed by atoms with Gasteiger partial charge in [-0.15, -0.1) is 0 Å². The van der Waals surface area contributed by atoms with E-state index in [0.717, 1.165) is 38.5 Å². The van der Waals surface area contributed by atoms with Crippen molar-refractivity contribution in [2.75, 3.05) is 40.9 Å². The zero-order valence-electron chi connectivity index (χ0n) is 43.0. The molecule has 8 nitrogen and oxygen atoms in total. The van der Waals surface area contributed by atoms with Gasteiger partial charge in [-0.1, -0.05) is 230 Å². The molecule has 0 aliphatic carbocycles. The Bertz CT molecular complexity index is 1140. The molecule has 9 heteroatoms. The normalized spacial score (nSPS) is 14.3. The van der Waals surface area contributed by atoms with E-state index in [1.807, 2.05) is 27.2 Å². The summed E-state index contributed by atoms with van der Waals surface area (Å²) in [6.45, 7) is 4.75. The Balaban J connectivity index is 3.91. The molecule has 3 atom stereocenters. The maximum absolute atomic E-state index is 12.9. The van der Waals surface area contributed by atoms with E-state index in [1.165, 1.54) is 199 Å². The Morgan fingerprint density at radius 3 is 1.28 bits per heavy atom. The predicted octanol–water partition coefficient (Wildman–Crippen LogP) is 16.2. The van der Waals surface area contributed by atoms with Gasteiger partial charge >= 0.3 is 7.82 Å². The van der Waals surface area contributed by atoms with Gasteiger partial charge in [0.2, 0.25) is 5.91 Å². The minimum absolute atomic E-state index is 0.0570. The molecule has 0 aliphatic rings. The van der Waals surface area contributed by atoms with Gasteiger partial charge < -0.3 is 19.8 Å². The van der Waals surface area contributed by atoms with Crippen LogP contribution in [-0.4, -0.2) is 73.4 Å². The van der Waals surface area contributed by atoms with Gasteiger partial charge in [-0.25, -0.2) is 4.57 Å². The van der Waals surface area contributed by atoms with Crippen molar-refractivity contribution in [1.29, 1.82) is 0 Å². The minimum atomic E-state index is -4.34. The number of rotatable bonds is 50. The molecule has 3 unspecified atom stereocenters. The van der Waals surface area contributed by atoms with Crippen molar-refractivity contribution in [3.8, 4) is 0 Å². The second-order valence-corrected chi connectivity index (χ2v) is 21.4. The number of aliphatic hydroxyl groups is 1. The van der Waals surface area contributed by atoms with Gasteiger partial charge in [-0.3, -0.25) is 13.8 Å². The quantitative estimate of drug-likeness (QED) is 0.0243. The van der Waals surface area contributed by atoms with E-state index in [4.69, 9.17) is 9.05 Å². The number of allylic oxidation sites excluding steroid dienone is 5. The van der Waals surface area contributed by atoms with Crippen molar-refractivity contribution in [2.24, 2.45) is 0 Å². The van der Waals surface area contributed by atoms with Crippen LogP contribution in [0.15, 0.2) is 36.5 Å². The standard InChI is InChI=1S/C55H107N2O6P/c1-6-8-10-12-14-16-17-18-19-20-21-22-23-24-25-26-27-28-29-30-31-32-33-34-35-36-37-38-39-41-43-45-47-49-55(59)56-53(52-63-64(60,61)62-51-50-57(3,4)5)54(58)48-46-44-42-40-15-13-11-9-7-2/h15,20-21,40,46,48,53-54,58H,6-14,16-19,22-39,41-45,47,49-52H2,1-5H3,(H-,56,59,60,61)/p+1/b21-20-,40-15+,48-46+. The third-order valence-electron chi connectivity index (χ3n) is 12.3. The van der Waals surface area contributed by atoms with Crippen molar-refractivity contribution < 1.29 is 32.9 Å². The molecule has 64 heavy (non-hydrogen) atoms. The molecule has 0 aliphatic heterocycles. The van der Waals surface area contributed by atoms with Crippen LogP contribution in [0.4, 0.5) is 0 Å². The summed E-state index contributed by atoms with van der Waals surface area (Å²) in [5.41, 5.74) is 0. The fourth-order valence-electron chi connectivity index (χ4n) is 7.99. The number of nitrogens with one attached hydrogen (secondary N) is 1. The lowest BCUT2D eigenvalue weighted by molar-refractivity contribution is -0.870. The van der Waals surface area contributed by atoms with Crippen LogP contribution in [0, 0.1) is 0 Å². The fourth-order valence-corrected chi connectivity index (χ4v) is 8.73. The topological polar surface area (TPSA) is 105 Å². The molecular weight excluding hydrogens is 816 g/mol. The van der Waals surface area contributed by atoms with Crippen LogP contribution >= 0.6 is 7.82 Å². The Morgan fingerprint density at radius 2 is 0.859 bits per heavy atom. The largest absolute Gasteiger partial charge is 0.472 e. The first-order chi connectivity index (χ1) is 31.0. The van der Waals surface area contributed by atoms with Crippen molar-refractivity contribution in [1.82, 2.24) is 5.32 Å². The van der Waals surface area contributed by atoms with Crippen molar-refractivity contribution >= 4 is 13.7 Å². The van der Waals surface area contributed by atoms with Gasteiger partial charge in [0.15, 0.2) is 0 Å². The summed E-state index contributed by atoms with van der Waals surface area (Å²) < 4.78 is 23.5. The highest BCUT2D eigenvalue weighted by Gasteiger charge is 2.27. The number of unbranched alkanes of at least 4 members (excludes halogenated alkanes) is 33. The third-order valence-corrected chi connectivity index (χ3v) is 13.3. The molecule has 0 aromatic heterocycles. The average molecular weight is 924 g/mol. The summed E-state index contributed by atoms with van der Waals surface area (Å²) in [5.74, 6) is -0.186. The molecule has 0 fully saturated rings. The number of likely N-dealkylation sites (N-methyl/N-ethyl adjacent to an activating group) is 1. The molecule has 0 aromatic carbocycles. The summed E-state index contributed by atoms with van der Waals surface area (Å²) in [7, 11) is 1.56. The van der Waals surface area contributed by atoms with E-state index in [0.29, 0.717) is 17.4 Å². The van der Waals surface area contributed by atoms with Gasteiger partial charge in [0, 0.05) is 6.42 Å². The Labute approximate surface area is 397 Å². The molecule has 1 amide bonds. The lowest BCUT2D eigenvalue weighted by Crippen LogP contribution is -2.45. The summed E-state index contributed by atoms with van der Waals surface area (Å²) in [5, 5.41) is 13.8. The smallest absolute Gasteiger partial charge is 0.387 e. The molecule has 0 rings (SSSR count). The van der Waals surface area contributed by atoms with Crippen molar-refractivity contribution in [2.45, 2.75) is 270 Å². The lowest BCUT2D eigenvalue weighted by Gasteiger charge is -2.25. The molecule has 0 saturated carbocycles. The summed E-state index contributed by atoms with van der Waals surface area (Å²) >= 11 is 0. The van der Waals surface area contributed by atoms with Gasteiger partial charge in [0.05, 0.1) is 39.9 Å². The molecule has 378 valence electrons. The number of phosphoric acid groups is 1. The van der Waals surface area contributed by atoms with Crippen LogP contribution in [0.2, 0.25) is 0 Å². The molecule has 0 saturated heterocycles. The van der Waals surface area contributed by atoms with E-state index in [9.17, 15) is 19.4 Å². The third kappa shape index (κ3) is 48.6. The maximum atomic E-state index is 12.9. The zero-order valence-corrected chi connectivity index (χ0v) is 43.9. The first kappa shape index (κ1) is 62.7. The first-order valence-electron chi connectivity index (χ1n) is 27.4. The molecule has 0 bridgehead atoms. The van der Waals surface area contributed by atoms with Crippen LogP contribution in [0.25, 0.3) is 0 Å². The Morgan fingerprint density at radius 1 is 0.516 bits per heavy atom. The highest BCUT2D eigenvalue weighted by molar-refractivity contribution is 7.47. The van der Waals surface area contributed by atoms with Gasteiger partial charge in [-0.05, 0) is 57.8 Å². The number of quaternary nitrogens is 1. The zero-order chi connectivity index (χ0) is 47.1. The van der Waals surface area contributed by atoms with Crippen LogP contribution < -0.4 is 5.32 Å². The summed E-state index contributed by atoms with van der Waals surface area (Å²) in [6.07, 6.45) is 60.0. The first-order valence-corrected chi connectivity index (χ1v) is 28.9. The molecule has 0 heterocycles. The number of carbonyl (C=O) groups is 1. The lowest BCUT2D eigenvalue weighted by atomic mass is 10.0. The number of phosphoric ester groups is 1. The number of amides is 1. The van der Waals surface area contributed by atoms with E-state index in [-0.39, 0.29) is 19.1 Å². The summed E-state index contributed by atoms with van der Waals surface area (Å²) in [6, 6.07) is -0.859. The number of nitrogens with zero attached hydrogens (tertiary/aromatic N) is 1. The highest BCUT2D eigenvalue weighted by Crippen LogP contribution is 2.43. The van der Waals surface area contributed by atoms with Gasteiger partial charge in [0.1, 0.15) is 13.2 Å². The SMILES string of the molecule is CCCCC/C=C/CC/C=C/C(O)C(COP(=O)(O)OCC[N+](C)(C)C)NC(=O)CCCCCCCCCCCCCCCCCCCCCCC/C=C\CCCCCCCCCC. The van der Waals surface area contributed by atoms with Crippen molar-refractivity contribution in [3.05, 3.63) is 36.5 Å². The average Bonchev–Trinajstić information content (AvgIpc) is 3.25. The van der Waals surface area contributed by atoms with E-state index in [2.05, 4.69) is 43.5 Å². The molecule has 3 N–H and O–H groups in total. The fraction of sp³-hybridized carbons (Fsp3) is 0.873. The Kier molecular flexibility index (Phi) is 45.9. The van der Waals surface area contributed by atoms with Crippen molar-refractivity contribution in [3.63, 3.8) is 0 Å².